The molecule has 0 aliphatic heterocycles. The third-order valence-corrected chi connectivity index (χ3v) is 2.78. The Hall–Kier alpha value is -0.570. The fraction of sp³-hybridized carbons (Fsp3) is 0.538. The Kier molecular flexibility index (Phi) is 5.81. The minimum absolute atomic E-state index is 0.170. The van der Waals surface area contributed by atoms with Crippen LogP contribution in [0.2, 0.25) is 5.02 Å². The monoisotopic (exact) mass is 241 g/mol. The van der Waals surface area contributed by atoms with Crippen molar-refractivity contribution >= 4 is 11.6 Å². The number of hydrogen-bond acceptors (Lipinski definition) is 2. The van der Waals surface area contributed by atoms with Crippen LogP contribution in [0.4, 0.5) is 0 Å². The Balaban J connectivity index is 2.42. The van der Waals surface area contributed by atoms with Crippen molar-refractivity contribution in [2.45, 2.75) is 25.8 Å². The molecule has 0 aliphatic carbocycles. The first-order valence-electron chi connectivity index (χ1n) is 5.60. The van der Waals surface area contributed by atoms with E-state index in [-0.39, 0.29) is 6.04 Å². The fourth-order valence-corrected chi connectivity index (χ4v) is 2.13. The molecule has 2 unspecified atom stereocenters. The first kappa shape index (κ1) is 13.5. The van der Waals surface area contributed by atoms with Crippen molar-refractivity contribution < 1.29 is 4.74 Å². The molecule has 16 heavy (non-hydrogen) atoms. The smallest absolute Gasteiger partial charge is 0.0488 e. The summed E-state index contributed by atoms with van der Waals surface area (Å²) in [6, 6.07) is 8.05. The van der Waals surface area contributed by atoms with E-state index in [4.69, 9.17) is 22.1 Å². The van der Waals surface area contributed by atoms with Gasteiger partial charge in [0.15, 0.2) is 0 Å². The Morgan fingerprint density at radius 2 is 2.19 bits per heavy atom. The van der Waals surface area contributed by atoms with Crippen molar-refractivity contribution in [1.82, 2.24) is 0 Å². The van der Waals surface area contributed by atoms with Gasteiger partial charge >= 0.3 is 0 Å². The van der Waals surface area contributed by atoms with E-state index in [9.17, 15) is 0 Å². The number of halogens is 1. The lowest BCUT2D eigenvalue weighted by Gasteiger charge is -2.16. The summed E-state index contributed by atoms with van der Waals surface area (Å²) in [4.78, 5) is 0. The van der Waals surface area contributed by atoms with Gasteiger partial charge in [0.1, 0.15) is 0 Å². The highest BCUT2D eigenvalue weighted by atomic mass is 35.5. The molecular weight excluding hydrogens is 222 g/mol. The van der Waals surface area contributed by atoms with Crippen LogP contribution >= 0.6 is 11.6 Å². The second-order valence-electron chi connectivity index (χ2n) is 4.39. The highest BCUT2D eigenvalue weighted by molar-refractivity contribution is 6.30. The maximum Gasteiger partial charge on any atom is 0.0488 e. The molecule has 0 aliphatic rings. The molecule has 0 aromatic heterocycles. The van der Waals surface area contributed by atoms with Gasteiger partial charge in [0.25, 0.3) is 0 Å². The van der Waals surface area contributed by atoms with Crippen molar-refractivity contribution in [2.24, 2.45) is 11.7 Å². The number of hydrogen-bond donors (Lipinski definition) is 1. The van der Waals surface area contributed by atoms with Crippen LogP contribution in [-0.2, 0) is 11.2 Å². The van der Waals surface area contributed by atoms with Gasteiger partial charge in [-0.2, -0.15) is 0 Å². The molecule has 0 radical (unpaired) electrons. The zero-order valence-electron chi connectivity index (χ0n) is 9.95. The quantitative estimate of drug-likeness (QED) is 0.831. The molecule has 0 amide bonds. The SMILES string of the molecule is COCC(C)CC(N)Cc1cccc(Cl)c1. The van der Waals surface area contributed by atoms with Gasteiger partial charge in [0.05, 0.1) is 0 Å². The first-order valence-corrected chi connectivity index (χ1v) is 5.98. The third-order valence-electron chi connectivity index (χ3n) is 2.54. The van der Waals surface area contributed by atoms with E-state index in [0.717, 1.165) is 24.5 Å². The standard InChI is InChI=1S/C13H20ClNO/c1-10(9-16-2)6-13(15)8-11-4-3-5-12(14)7-11/h3-5,7,10,13H,6,8-9,15H2,1-2H3. The Bertz CT molecular complexity index is 317. The van der Waals surface area contributed by atoms with Crippen molar-refractivity contribution in [2.75, 3.05) is 13.7 Å². The summed E-state index contributed by atoms with van der Waals surface area (Å²) in [6.07, 6.45) is 1.84. The number of benzene rings is 1. The minimum atomic E-state index is 0.170. The predicted octanol–water partition coefficient (Wildman–Crippen LogP) is 2.88. The van der Waals surface area contributed by atoms with Gasteiger partial charge in [-0.05, 0) is 36.5 Å². The molecular formula is C13H20ClNO. The van der Waals surface area contributed by atoms with Gasteiger partial charge in [-0.3, -0.25) is 0 Å². The average Bonchev–Trinajstić information content (AvgIpc) is 2.17. The van der Waals surface area contributed by atoms with Gasteiger partial charge in [-0.15, -0.1) is 0 Å². The Labute approximate surface area is 103 Å². The number of methoxy groups -OCH3 is 1. The number of nitrogens with two attached hydrogens (primary N) is 1. The normalized spacial score (nSPS) is 14.8. The highest BCUT2D eigenvalue weighted by Gasteiger charge is 2.09. The minimum Gasteiger partial charge on any atom is -0.384 e. The zero-order valence-corrected chi connectivity index (χ0v) is 10.7. The largest absolute Gasteiger partial charge is 0.384 e. The molecule has 1 aromatic rings. The molecule has 0 saturated heterocycles. The zero-order chi connectivity index (χ0) is 12.0. The van der Waals surface area contributed by atoms with Crippen molar-refractivity contribution in [3.8, 4) is 0 Å². The molecule has 0 bridgehead atoms. The van der Waals surface area contributed by atoms with Crippen molar-refractivity contribution in [3.63, 3.8) is 0 Å². The van der Waals surface area contributed by atoms with Gasteiger partial charge in [0.2, 0.25) is 0 Å². The third kappa shape index (κ3) is 4.97. The second kappa shape index (κ2) is 6.89. The lowest BCUT2D eigenvalue weighted by atomic mass is 9.97. The van der Waals surface area contributed by atoms with Gasteiger partial charge in [0, 0.05) is 24.8 Å². The summed E-state index contributed by atoms with van der Waals surface area (Å²) in [5, 5.41) is 0.773. The maximum atomic E-state index is 6.09. The molecule has 2 nitrogen and oxygen atoms in total. The lowest BCUT2D eigenvalue weighted by molar-refractivity contribution is 0.152. The van der Waals surface area contributed by atoms with E-state index < -0.39 is 0 Å². The molecule has 0 fully saturated rings. The number of rotatable bonds is 6. The summed E-state index contributed by atoms with van der Waals surface area (Å²) in [5.41, 5.74) is 7.29. The van der Waals surface area contributed by atoms with E-state index in [1.807, 2.05) is 18.2 Å². The molecule has 1 rings (SSSR count). The van der Waals surface area contributed by atoms with Crippen LogP contribution in [0.3, 0.4) is 0 Å². The van der Waals surface area contributed by atoms with Crippen LogP contribution in [0.1, 0.15) is 18.9 Å². The molecule has 1 aromatic carbocycles. The second-order valence-corrected chi connectivity index (χ2v) is 4.83. The number of ether oxygens (including phenoxy) is 1. The van der Waals surface area contributed by atoms with E-state index in [0.29, 0.717) is 5.92 Å². The highest BCUT2D eigenvalue weighted by Crippen LogP contribution is 2.14. The maximum absolute atomic E-state index is 6.09. The first-order chi connectivity index (χ1) is 7.61. The van der Waals surface area contributed by atoms with Crippen molar-refractivity contribution in [1.29, 1.82) is 0 Å². The Morgan fingerprint density at radius 1 is 1.44 bits per heavy atom. The molecule has 0 spiro atoms. The average molecular weight is 242 g/mol. The molecule has 2 atom stereocenters. The van der Waals surface area contributed by atoms with Gasteiger partial charge in [-0.1, -0.05) is 30.7 Å². The summed E-state index contributed by atoms with van der Waals surface area (Å²) in [5.74, 6) is 0.499. The molecule has 2 N–H and O–H groups in total. The van der Waals surface area contributed by atoms with Crippen LogP contribution in [0.5, 0.6) is 0 Å². The van der Waals surface area contributed by atoms with Crippen molar-refractivity contribution in [3.05, 3.63) is 34.9 Å². The van der Waals surface area contributed by atoms with Crippen LogP contribution in [0, 0.1) is 5.92 Å². The van der Waals surface area contributed by atoms with E-state index in [1.54, 1.807) is 7.11 Å². The van der Waals surface area contributed by atoms with Gasteiger partial charge in [-0.25, -0.2) is 0 Å². The molecule has 90 valence electrons. The van der Waals surface area contributed by atoms with E-state index in [1.165, 1.54) is 5.56 Å². The molecule has 3 heteroatoms. The predicted molar refractivity (Wildman–Crippen MR) is 68.8 cm³/mol. The van der Waals surface area contributed by atoms with Crippen LogP contribution in [0.15, 0.2) is 24.3 Å². The van der Waals surface area contributed by atoms with Gasteiger partial charge < -0.3 is 10.5 Å². The lowest BCUT2D eigenvalue weighted by Crippen LogP contribution is -2.26. The summed E-state index contributed by atoms with van der Waals surface area (Å²) in [7, 11) is 1.72. The summed E-state index contributed by atoms with van der Waals surface area (Å²) in [6.45, 7) is 2.92. The Morgan fingerprint density at radius 3 is 2.81 bits per heavy atom. The molecule has 0 heterocycles. The van der Waals surface area contributed by atoms with E-state index >= 15 is 0 Å². The van der Waals surface area contributed by atoms with Crippen LogP contribution < -0.4 is 5.73 Å². The fourth-order valence-electron chi connectivity index (χ4n) is 1.92. The molecule has 0 saturated carbocycles. The van der Waals surface area contributed by atoms with E-state index in [2.05, 4.69) is 13.0 Å². The topological polar surface area (TPSA) is 35.2 Å². The summed E-state index contributed by atoms with van der Waals surface area (Å²) < 4.78 is 5.10. The summed E-state index contributed by atoms with van der Waals surface area (Å²) >= 11 is 5.92. The van der Waals surface area contributed by atoms with Crippen LogP contribution in [0.25, 0.3) is 0 Å². The van der Waals surface area contributed by atoms with Crippen LogP contribution in [-0.4, -0.2) is 19.8 Å².